The summed E-state index contributed by atoms with van der Waals surface area (Å²) in [5.74, 6) is -0.192. The monoisotopic (exact) mass is 352 g/mol. The fourth-order valence-electron chi connectivity index (χ4n) is 3.07. The van der Waals surface area contributed by atoms with Crippen LogP contribution < -0.4 is 10.1 Å². The summed E-state index contributed by atoms with van der Waals surface area (Å²) in [6.45, 7) is 2.07. The van der Waals surface area contributed by atoms with Crippen molar-refractivity contribution >= 4 is 5.91 Å². The number of carbonyl (C=O) groups is 1. The number of hydrogen-bond donors (Lipinski definition) is 1. The molecule has 1 N–H and O–H groups in total. The number of amides is 1. The number of pyridine rings is 1. The zero-order valence-electron chi connectivity index (χ0n) is 14.2. The molecular formula is C20H17FN2O3. The number of furan rings is 1. The van der Waals surface area contributed by atoms with Crippen LogP contribution in [0.5, 0.6) is 5.75 Å². The van der Waals surface area contributed by atoms with Gasteiger partial charge in [0.2, 0.25) is 0 Å². The van der Waals surface area contributed by atoms with Crippen LogP contribution in [0.1, 0.15) is 21.7 Å². The summed E-state index contributed by atoms with van der Waals surface area (Å²) in [7, 11) is 0. The van der Waals surface area contributed by atoms with Gasteiger partial charge in [0.05, 0.1) is 18.5 Å². The molecule has 2 aromatic heterocycles. The number of carbonyl (C=O) groups excluding carboxylic acids is 1. The molecule has 1 unspecified atom stereocenters. The Morgan fingerprint density at radius 2 is 2.23 bits per heavy atom. The molecule has 26 heavy (non-hydrogen) atoms. The van der Waals surface area contributed by atoms with Crippen LogP contribution in [0.4, 0.5) is 4.39 Å². The van der Waals surface area contributed by atoms with Gasteiger partial charge in [-0.2, -0.15) is 0 Å². The smallest absolute Gasteiger partial charge is 0.287 e. The van der Waals surface area contributed by atoms with E-state index in [0.29, 0.717) is 17.7 Å². The molecule has 0 aliphatic carbocycles. The molecule has 0 saturated heterocycles. The van der Waals surface area contributed by atoms with Gasteiger partial charge in [0.1, 0.15) is 6.10 Å². The highest BCUT2D eigenvalue weighted by molar-refractivity contribution is 5.92. The van der Waals surface area contributed by atoms with Gasteiger partial charge in [-0.15, -0.1) is 0 Å². The molecule has 132 valence electrons. The van der Waals surface area contributed by atoms with E-state index in [0.717, 1.165) is 11.1 Å². The van der Waals surface area contributed by atoms with E-state index in [1.54, 1.807) is 19.2 Å². The molecule has 1 aliphatic heterocycles. The lowest BCUT2D eigenvalue weighted by atomic mass is 10.0. The lowest BCUT2D eigenvalue weighted by Crippen LogP contribution is -2.34. The first-order valence-corrected chi connectivity index (χ1v) is 8.34. The molecule has 1 amide bonds. The molecule has 0 radical (unpaired) electrons. The van der Waals surface area contributed by atoms with Crippen molar-refractivity contribution in [3.8, 4) is 17.0 Å². The van der Waals surface area contributed by atoms with E-state index in [9.17, 15) is 9.18 Å². The highest BCUT2D eigenvalue weighted by atomic mass is 19.1. The van der Waals surface area contributed by atoms with Gasteiger partial charge in [-0.1, -0.05) is 6.07 Å². The molecule has 0 fully saturated rings. The lowest BCUT2D eigenvalue weighted by molar-refractivity contribution is 0.0904. The molecule has 1 atom stereocenters. The second-order valence-electron chi connectivity index (χ2n) is 6.25. The third kappa shape index (κ3) is 3.06. The standard InChI is InChI=1S/C20H17FN2O3/c1-12-5-7-25-18(12)20(24)23-11-15-9-14-8-13(10-16(21)19(14)26-15)17-4-2-3-6-22-17/h2-8,10,15H,9,11H2,1H3,(H,23,24). The van der Waals surface area contributed by atoms with E-state index < -0.39 is 5.82 Å². The van der Waals surface area contributed by atoms with Gasteiger partial charge in [-0.25, -0.2) is 4.39 Å². The van der Waals surface area contributed by atoms with E-state index in [-0.39, 0.29) is 30.1 Å². The first-order valence-electron chi connectivity index (χ1n) is 8.34. The predicted molar refractivity (Wildman–Crippen MR) is 93.5 cm³/mol. The number of rotatable bonds is 4. The summed E-state index contributed by atoms with van der Waals surface area (Å²) in [4.78, 5) is 16.4. The summed E-state index contributed by atoms with van der Waals surface area (Å²) in [6.07, 6.45) is 3.34. The van der Waals surface area contributed by atoms with Crippen LogP contribution in [0.25, 0.3) is 11.3 Å². The van der Waals surface area contributed by atoms with Crippen LogP contribution in [0.15, 0.2) is 53.3 Å². The maximum atomic E-state index is 14.4. The third-order valence-electron chi connectivity index (χ3n) is 4.37. The van der Waals surface area contributed by atoms with Crippen molar-refractivity contribution in [3.05, 3.63) is 71.6 Å². The van der Waals surface area contributed by atoms with Gasteiger partial charge in [0.25, 0.3) is 5.91 Å². The number of benzene rings is 1. The van der Waals surface area contributed by atoms with Crippen LogP contribution in [0.3, 0.4) is 0 Å². The minimum absolute atomic E-state index is 0.248. The normalized spacial score (nSPS) is 15.4. The fourth-order valence-corrected chi connectivity index (χ4v) is 3.07. The van der Waals surface area contributed by atoms with E-state index in [2.05, 4.69) is 10.3 Å². The van der Waals surface area contributed by atoms with Gasteiger partial charge in [-0.3, -0.25) is 9.78 Å². The Labute approximate surface area is 149 Å². The van der Waals surface area contributed by atoms with Gasteiger partial charge < -0.3 is 14.5 Å². The maximum Gasteiger partial charge on any atom is 0.287 e. The molecule has 0 spiro atoms. The number of fused-ring (bicyclic) bond motifs is 1. The predicted octanol–water partition coefficient (Wildman–Crippen LogP) is 3.52. The minimum atomic E-state index is -0.418. The molecule has 3 heterocycles. The van der Waals surface area contributed by atoms with E-state index >= 15 is 0 Å². The van der Waals surface area contributed by atoms with Crippen molar-refractivity contribution in [2.45, 2.75) is 19.4 Å². The maximum absolute atomic E-state index is 14.4. The van der Waals surface area contributed by atoms with Crippen molar-refractivity contribution in [3.63, 3.8) is 0 Å². The SMILES string of the molecule is Cc1ccoc1C(=O)NCC1Cc2cc(-c3ccccn3)cc(F)c2O1. The van der Waals surface area contributed by atoms with Crippen LogP contribution in [0, 0.1) is 12.7 Å². The van der Waals surface area contributed by atoms with Crippen molar-refractivity contribution in [1.29, 1.82) is 0 Å². The van der Waals surface area contributed by atoms with Crippen LogP contribution in [-0.4, -0.2) is 23.5 Å². The number of ether oxygens (including phenoxy) is 1. The molecule has 0 saturated carbocycles. The van der Waals surface area contributed by atoms with E-state index in [1.165, 1.54) is 12.3 Å². The Kier molecular flexibility index (Phi) is 4.16. The first-order chi connectivity index (χ1) is 12.6. The number of hydrogen-bond acceptors (Lipinski definition) is 4. The highest BCUT2D eigenvalue weighted by Gasteiger charge is 2.27. The molecule has 3 aromatic rings. The van der Waals surface area contributed by atoms with Gasteiger partial charge >= 0.3 is 0 Å². The Hall–Kier alpha value is -3.15. The van der Waals surface area contributed by atoms with E-state index in [1.807, 2.05) is 24.3 Å². The number of aromatic nitrogens is 1. The second kappa shape index (κ2) is 6.63. The Morgan fingerprint density at radius 1 is 1.35 bits per heavy atom. The molecule has 4 rings (SSSR count). The Morgan fingerprint density at radius 3 is 2.96 bits per heavy atom. The van der Waals surface area contributed by atoms with Gasteiger partial charge in [-0.05, 0) is 37.3 Å². The molecule has 1 aromatic carbocycles. The third-order valence-corrected chi connectivity index (χ3v) is 4.37. The molecular weight excluding hydrogens is 335 g/mol. The Bertz CT molecular complexity index is 953. The van der Waals surface area contributed by atoms with Crippen LogP contribution >= 0.6 is 0 Å². The molecule has 0 bridgehead atoms. The Balaban J connectivity index is 1.46. The first kappa shape index (κ1) is 16.3. The summed E-state index contributed by atoms with van der Waals surface area (Å²) in [5, 5.41) is 2.78. The zero-order valence-corrected chi connectivity index (χ0v) is 14.2. The second-order valence-corrected chi connectivity index (χ2v) is 6.25. The summed E-state index contributed by atoms with van der Waals surface area (Å²) in [5.41, 5.74) is 2.96. The van der Waals surface area contributed by atoms with Crippen molar-refractivity contribution in [2.24, 2.45) is 0 Å². The summed E-state index contributed by atoms with van der Waals surface area (Å²) >= 11 is 0. The van der Waals surface area contributed by atoms with Gasteiger partial charge in [0.15, 0.2) is 17.3 Å². The minimum Gasteiger partial charge on any atom is -0.485 e. The van der Waals surface area contributed by atoms with Crippen molar-refractivity contribution in [2.75, 3.05) is 6.54 Å². The molecule has 6 heteroatoms. The quantitative estimate of drug-likeness (QED) is 0.780. The van der Waals surface area contributed by atoms with E-state index in [4.69, 9.17) is 9.15 Å². The number of halogens is 1. The lowest BCUT2D eigenvalue weighted by Gasteiger charge is -2.11. The average Bonchev–Trinajstić information content (AvgIpc) is 3.26. The topological polar surface area (TPSA) is 64.4 Å². The largest absolute Gasteiger partial charge is 0.485 e. The number of nitrogens with one attached hydrogen (secondary N) is 1. The molecule has 5 nitrogen and oxygen atoms in total. The summed E-state index contributed by atoms with van der Waals surface area (Å²) < 4.78 is 25.3. The van der Waals surface area contributed by atoms with Gasteiger partial charge in [0, 0.05) is 29.3 Å². The fraction of sp³-hybridized carbons (Fsp3) is 0.200. The number of aryl methyl sites for hydroxylation is 1. The average molecular weight is 352 g/mol. The van der Waals surface area contributed by atoms with Crippen molar-refractivity contribution in [1.82, 2.24) is 10.3 Å². The van der Waals surface area contributed by atoms with Crippen molar-refractivity contribution < 1.29 is 18.3 Å². The highest BCUT2D eigenvalue weighted by Crippen LogP contribution is 2.35. The van der Waals surface area contributed by atoms with Crippen LogP contribution in [-0.2, 0) is 6.42 Å². The summed E-state index contributed by atoms with van der Waals surface area (Å²) in [6, 6.07) is 10.5. The molecule has 1 aliphatic rings. The number of nitrogens with zero attached hydrogens (tertiary/aromatic N) is 1. The van der Waals surface area contributed by atoms with Crippen LogP contribution in [0.2, 0.25) is 0 Å². The zero-order chi connectivity index (χ0) is 18.1.